The van der Waals surface area contributed by atoms with Crippen molar-refractivity contribution in [3.05, 3.63) is 24.3 Å². The van der Waals surface area contributed by atoms with Crippen LogP contribution >= 0.6 is 0 Å². The predicted molar refractivity (Wildman–Crippen MR) is 92.0 cm³/mol. The molecule has 2 rings (SSSR count). The average Bonchev–Trinajstić information content (AvgIpc) is 3.05. The number of carbonyl (C=O) groups is 2. The summed E-state index contributed by atoms with van der Waals surface area (Å²) in [5.74, 6) is -1.04. The van der Waals surface area contributed by atoms with Crippen LogP contribution in [-0.2, 0) is 19.6 Å². The Morgan fingerprint density at radius 3 is 2.60 bits per heavy atom. The van der Waals surface area contributed by atoms with Gasteiger partial charge in [0.15, 0.2) is 6.61 Å². The average molecular weight is 370 g/mol. The summed E-state index contributed by atoms with van der Waals surface area (Å²) < 4.78 is 30.8. The van der Waals surface area contributed by atoms with Gasteiger partial charge in [-0.25, -0.2) is 13.2 Å². The van der Waals surface area contributed by atoms with Crippen molar-refractivity contribution in [3.63, 3.8) is 0 Å². The van der Waals surface area contributed by atoms with E-state index in [9.17, 15) is 18.0 Å². The van der Waals surface area contributed by atoms with Crippen LogP contribution in [0.1, 0.15) is 26.2 Å². The second kappa shape index (κ2) is 8.30. The lowest BCUT2D eigenvalue weighted by Crippen LogP contribution is -2.44. The molecule has 0 aromatic heterocycles. The number of amides is 1. The van der Waals surface area contributed by atoms with Crippen LogP contribution in [0.5, 0.6) is 5.75 Å². The summed E-state index contributed by atoms with van der Waals surface area (Å²) in [7, 11) is -3.42. The van der Waals surface area contributed by atoms with E-state index in [1.807, 2.05) is 0 Å². The van der Waals surface area contributed by atoms with E-state index in [1.54, 1.807) is 31.2 Å². The highest BCUT2D eigenvalue weighted by Gasteiger charge is 2.38. The van der Waals surface area contributed by atoms with Gasteiger partial charge in [-0.1, -0.05) is 6.92 Å². The third-order valence-corrected chi connectivity index (χ3v) is 5.89. The molecule has 1 saturated heterocycles. The number of benzene rings is 1. The SMILES string of the molecule is CCCS(=O)(=O)N1CCCC1C(=O)Nc1ccc(OCC(=O)O)cc1. The van der Waals surface area contributed by atoms with Crippen molar-refractivity contribution in [2.24, 2.45) is 0 Å². The lowest BCUT2D eigenvalue weighted by Gasteiger charge is -2.23. The topological polar surface area (TPSA) is 113 Å². The molecule has 25 heavy (non-hydrogen) atoms. The molecule has 0 saturated carbocycles. The number of carboxylic acids is 1. The largest absolute Gasteiger partial charge is 0.482 e. The minimum absolute atomic E-state index is 0.0341. The first-order valence-electron chi connectivity index (χ1n) is 8.08. The first-order valence-corrected chi connectivity index (χ1v) is 9.69. The molecule has 1 unspecified atom stereocenters. The Morgan fingerprint density at radius 1 is 1.32 bits per heavy atom. The van der Waals surface area contributed by atoms with Gasteiger partial charge in [0.1, 0.15) is 11.8 Å². The van der Waals surface area contributed by atoms with Crippen LogP contribution in [0.15, 0.2) is 24.3 Å². The maximum Gasteiger partial charge on any atom is 0.341 e. The number of aliphatic carboxylic acids is 1. The van der Waals surface area contributed by atoms with Crippen molar-refractivity contribution in [2.45, 2.75) is 32.2 Å². The molecule has 1 aliphatic rings. The number of ether oxygens (including phenoxy) is 1. The van der Waals surface area contributed by atoms with Crippen molar-refractivity contribution < 1.29 is 27.9 Å². The fourth-order valence-electron chi connectivity index (χ4n) is 2.72. The number of carboxylic acid groups (broad SMARTS) is 1. The molecule has 1 atom stereocenters. The predicted octanol–water partition coefficient (Wildman–Crippen LogP) is 1.29. The highest BCUT2D eigenvalue weighted by Crippen LogP contribution is 2.24. The fourth-order valence-corrected chi connectivity index (χ4v) is 4.46. The zero-order valence-corrected chi connectivity index (χ0v) is 14.8. The van der Waals surface area contributed by atoms with Gasteiger partial charge in [0, 0.05) is 12.2 Å². The molecule has 2 N–H and O–H groups in total. The van der Waals surface area contributed by atoms with Crippen LogP contribution in [0.2, 0.25) is 0 Å². The summed E-state index contributed by atoms with van der Waals surface area (Å²) in [6.45, 7) is 1.71. The van der Waals surface area contributed by atoms with E-state index >= 15 is 0 Å². The summed E-state index contributed by atoms with van der Waals surface area (Å²) >= 11 is 0. The van der Waals surface area contributed by atoms with Crippen LogP contribution in [0, 0.1) is 0 Å². The zero-order valence-electron chi connectivity index (χ0n) is 14.0. The minimum Gasteiger partial charge on any atom is -0.482 e. The monoisotopic (exact) mass is 370 g/mol. The van der Waals surface area contributed by atoms with Crippen LogP contribution < -0.4 is 10.1 Å². The molecule has 1 fully saturated rings. The molecule has 0 radical (unpaired) electrons. The van der Waals surface area contributed by atoms with Crippen molar-refractivity contribution >= 4 is 27.6 Å². The van der Waals surface area contributed by atoms with E-state index < -0.39 is 28.6 Å². The van der Waals surface area contributed by atoms with Gasteiger partial charge in [0.05, 0.1) is 5.75 Å². The molecule has 1 heterocycles. The number of sulfonamides is 1. The van der Waals surface area contributed by atoms with E-state index in [0.717, 1.165) is 0 Å². The molecule has 0 aliphatic carbocycles. The van der Waals surface area contributed by atoms with E-state index in [1.165, 1.54) is 4.31 Å². The molecule has 9 heteroatoms. The lowest BCUT2D eigenvalue weighted by molar-refractivity contribution is -0.139. The Labute approximate surface area is 146 Å². The van der Waals surface area contributed by atoms with Gasteiger partial charge in [0.2, 0.25) is 15.9 Å². The maximum atomic E-state index is 12.4. The Morgan fingerprint density at radius 2 is 2.00 bits per heavy atom. The highest BCUT2D eigenvalue weighted by atomic mass is 32.2. The number of hydrogen-bond donors (Lipinski definition) is 2. The van der Waals surface area contributed by atoms with Crippen LogP contribution in [0.25, 0.3) is 0 Å². The van der Waals surface area contributed by atoms with Crippen LogP contribution in [-0.4, -0.2) is 54.7 Å². The molecular weight excluding hydrogens is 348 g/mol. The molecule has 1 aromatic carbocycles. The smallest absolute Gasteiger partial charge is 0.341 e. The maximum absolute atomic E-state index is 12.4. The van der Waals surface area contributed by atoms with Gasteiger partial charge in [-0.3, -0.25) is 4.79 Å². The van der Waals surface area contributed by atoms with Gasteiger partial charge in [-0.2, -0.15) is 4.31 Å². The van der Waals surface area contributed by atoms with Gasteiger partial charge in [0.25, 0.3) is 0 Å². The summed E-state index contributed by atoms with van der Waals surface area (Å²) in [6.07, 6.45) is 1.66. The number of anilines is 1. The first kappa shape index (κ1) is 19.2. The second-order valence-electron chi connectivity index (χ2n) is 5.78. The molecule has 1 aliphatic heterocycles. The minimum atomic E-state index is -3.42. The summed E-state index contributed by atoms with van der Waals surface area (Å²) in [5, 5.41) is 11.3. The van der Waals surface area contributed by atoms with Crippen molar-refractivity contribution in [1.29, 1.82) is 0 Å². The van der Waals surface area contributed by atoms with Gasteiger partial charge >= 0.3 is 5.97 Å². The number of carbonyl (C=O) groups excluding carboxylic acids is 1. The number of rotatable bonds is 8. The van der Waals surface area contributed by atoms with E-state index in [0.29, 0.717) is 37.2 Å². The van der Waals surface area contributed by atoms with Gasteiger partial charge in [-0.05, 0) is 43.5 Å². The molecule has 0 bridgehead atoms. The number of nitrogens with zero attached hydrogens (tertiary/aromatic N) is 1. The Hall–Kier alpha value is -2.13. The molecule has 1 aromatic rings. The van der Waals surface area contributed by atoms with E-state index in [-0.39, 0.29) is 11.7 Å². The first-order chi connectivity index (χ1) is 11.8. The van der Waals surface area contributed by atoms with Gasteiger partial charge in [-0.15, -0.1) is 0 Å². The molecule has 8 nitrogen and oxygen atoms in total. The second-order valence-corrected chi connectivity index (χ2v) is 7.82. The van der Waals surface area contributed by atoms with E-state index in [4.69, 9.17) is 9.84 Å². The van der Waals surface area contributed by atoms with Gasteiger partial charge < -0.3 is 15.2 Å². The fraction of sp³-hybridized carbons (Fsp3) is 0.500. The number of nitrogens with one attached hydrogen (secondary N) is 1. The Balaban J connectivity index is 2.00. The van der Waals surface area contributed by atoms with Crippen molar-refractivity contribution in [1.82, 2.24) is 4.31 Å². The number of hydrogen-bond acceptors (Lipinski definition) is 5. The van der Waals surface area contributed by atoms with E-state index in [2.05, 4.69) is 5.32 Å². The van der Waals surface area contributed by atoms with Crippen LogP contribution in [0.4, 0.5) is 5.69 Å². The Kier molecular flexibility index (Phi) is 6.38. The summed E-state index contributed by atoms with van der Waals surface area (Å²) in [5.41, 5.74) is 0.493. The molecular formula is C16H22N2O6S. The third-order valence-electron chi connectivity index (χ3n) is 3.81. The van der Waals surface area contributed by atoms with Crippen molar-refractivity contribution in [3.8, 4) is 5.75 Å². The normalized spacial score (nSPS) is 18.0. The summed E-state index contributed by atoms with van der Waals surface area (Å²) in [6, 6.07) is 5.54. The highest BCUT2D eigenvalue weighted by molar-refractivity contribution is 7.89. The van der Waals surface area contributed by atoms with Crippen molar-refractivity contribution in [2.75, 3.05) is 24.2 Å². The quantitative estimate of drug-likeness (QED) is 0.713. The summed E-state index contributed by atoms with van der Waals surface area (Å²) in [4.78, 5) is 22.9. The van der Waals surface area contributed by atoms with Crippen LogP contribution in [0.3, 0.4) is 0 Å². The lowest BCUT2D eigenvalue weighted by atomic mass is 10.2. The molecule has 1 amide bonds. The molecule has 0 spiro atoms. The molecule has 138 valence electrons. The Bertz CT molecular complexity index is 717. The third kappa shape index (κ3) is 5.17. The standard InChI is InChI=1S/C16H22N2O6S/c1-2-10-25(22,23)18-9-3-4-14(18)16(21)17-12-5-7-13(8-6-12)24-11-15(19)20/h5-8,14H,2-4,9-11H2,1H3,(H,17,21)(H,19,20). The zero-order chi connectivity index (χ0) is 18.4.